The number of nitrogens with zero attached hydrogens (tertiary/aromatic N) is 5. The lowest BCUT2D eigenvalue weighted by atomic mass is 10.1. The van der Waals surface area contributed by atoms with E-state index < -0.39 is 0 Å². The molecule has 0 aliphatic rings. The summed E-state index contributed by atoms with van der Waals surface area (Å²) >= 11 is 0. The number of pyridine rings is 3. The van der Waals surface area contributed by atoms with Crippen molar-refractivity contribution in [3.8, 4) is 39.8 Å². The third-order valence-corrected chi connectivity index (χ3v) is 6.09. The van der Waals surface area contributed by atoms with E-state index in [-0.39, 0.29) is 5.82 Å². The summed E-state index contributed by atoms with van der Waals surface area (Å²) in [5, 5.41) is 8.44. The van der Waals surface area contributed by atoms with Gasteiger partial charge in [0.05, 0.1) is 28.3 Å². The van der Waals surface area contributed by atoms with E-state index in [0.717, 1.165) is 45.6 Å². The number of likely N-dealkylation sites (N-methyl/N-ethyl adjacent to an activating group) is 1. The fourth-order valence-corrected chi connectivity index (χ4v) is 4.28. The summed E-state index contributed by atoms with van der Waals surface area (Å²) in [6, 6.07) is 18.1. The molecule has 0 saturated heterocycles. The minimum atomic E-state index is -0.378. The predicted molar refractivity (Wildman–Crippen MR) is 142 cm³/mol. The number of hydrogen-bond donors (Lipinski definition) is 2. The number of halogens is 1. The zero-order valence-corrected chi connectivity index (χ0v) is 20.4. The molecule has 5 aromatic heterocycles. The Morgan fingerprint density at radius 1 is 0.892 bits per heavy atom. The van der Waals surface area contributed by atoms with Crippen molar-refractivity contribution < 1.29 is 9.13 Å². The number of fused-ring (bicyclic) bond motifs is 2. The molecule has 0 spiro atoms. The SMILES string of the molecule is CN(C)CCOc1cc(F)cc(-c2nccc3[nH]c(-c4n[nH]c5ccc(-c6ccccn6)nc45)cc23)c1. The van der Waals surface area contributed by atoms with Crippen molar-refractivity contribution in [1.82, 2.24) is 35.0 Å². The van der Waals surface area contributed by atoms with Gasteiger partial charge in [0, 0.05) is 41.5 Å². The van der Waals surface area contributed by atoms with Crippen LogP contribution in [0.5, 0.6) is 5.75 Å². The Kier molecular flexibility index (Phi) is 5.82. The second-order valence-corrected chi connectivity index (χ2v) is 9.01. The van der Waals surface area contributed by atoms with Gasteiger partial charge in [0.2, 0.25) is 0 Å². The van der Waals surface area contributed by atoms with E-state index in [1.54, 1.807) is 12.4 Å². The number of ether oxygens (including phenoxy) is 1. The molecule has 5 heterocycles. The van der Waals surface area contributed by atoms with Crippen molar-refractivity contribution >= 4 is 21.9 Å². The molecule has 8 nitrogen and oxygen atoms in total. The molecule has 0 atom stereocenters. The second kappa shape index (κ2) is 9.44. The first-order valence-corrected chi connectivity index (χ1v) is 11.9. The topological polar surface area (TPSA) is 95.6 Å². The number of aromatic amines is 2. The van der Waals surface area contributed by atoms with E-state index in [1.165, 1.54) is 12.1 Å². The molecule has 0 bridgehead atoms. The summed E-state index contributed by atoms with van der Waals surface area (Å²) in [5.41, 5.74) is 6.70. The Hall–Kier alpha value is -4.63. The van der Waals surface area contributed by atoms with E-state index >= 15 is 0 Å². The molecule has 184 valence electrons. The van der Waals surface area contributed by atoms with Crippen LogP contribution in [0.4, 0.5) is 4.39 Å². The van der Waals surface area contributed by atoms with Crippen LogP contribution in [0.3, 0.4) is 0 Å². The smallest absolute Gasteiger partial charge is 0.135 e. The van der Waals surface area contributed by atoms with Crippen molar-refractivity contribution in [3.63, 3.8) is 0 Å². The lowest BCUT2D eigenvalue weighted by molar-refractivity contribution is 0.260. The van der Waals surface area contributed by atoms with Crippen LogP contribution in [0, 0.1) is 5.82 Å². The van der Waals surface area contributed by atoms with Crippen LogP contribution in [0.1, 0.15) is 0 Å². The summed E-state index contributed by atoms with van der Waals surface area (Å²) in [5.74, 6) is 0.0902. The Labute approximate surface area is 212 Å². The molecule has 2 N–H and O–H groups in total. The van der Waals surface area contributed by atoms with Crippen LogP contribution in [0.2, 0.25) is 0 Å². The number of aromatic nitrogens is 6. The largest absolute Gasteiger partial charge is 0.492 e. The quantitative estimate of drug-likeness (QED) is 0.313. The average Bonchev–Trinajstić information content (AvgIpc) is 3.52. The first kappa shape index (κ1) is 22.8. The van der Waals surface area contributed by atoms with Crippen molar-refractivity contribution in [1.29, 1.82) is 0 Å². The molecule has 0 aliphatic carbocycles. The third kappa shape index (κ3) is 4.52. The van der Waals surface area contributed by atoms with E-state index in [0.29, 0.717) is 29.3 Å². The maximum Gasteiger partial charge on any atom is 0.135 e. The average molecular weight is 494 g/mol. The Bertz CT molecular complexity index is 1710. The van der Waals surface area contributed by atoms with Crippen LogP contribution >= 0.6 is 0 Å². The van der Waals surface area contributed by atoms with Gasteiger partial charge < -0.3 is 14.6 Å². The predicted octanol–water partition coefficient (Wildman–Crippen LogP) is 5.31. The fourth-order valence-electron chi connectivity index (χ4n) is 4.28. The first-order chi connectivity index (χ1) is 18.0. The Balaban J connectivity index is 1.41. The maximum absolute atomic E-state index is 14.5. The van der Waals surface area contributed by atoms with Gasteiger partial charge in [-0.15, -0.1) is 0 Å². The number of hydrogen-bond acceptors (Lipinski definition) is 6. The van der Waals surface area contributed by atoms with Gasteiger partial charge in [0.25, 0.3) is 0 Å². The first-order valence-electron chi connectivity index (χ1n) is 11.9. The number of H-pyrrole nitrogens is 2. The van der Waals surface area contributed by atoms with Gasteiger partial charge in [0.15, 0.2) is 0 Å². The van der Waals surface area contributed by atoms with Crippen molar-refractivity contribution in [2.45, 2.75) is 0 Å². The summed E-state index contributed by atoms with van der Waals surface area (Å²) in [7, 11) is 3.93. The van der Waals surface area contributed by atoms with E-state index in [1.807, 2.05) is 67.5 Å². The lowest BCUT2D eigenvalue weighted by Crippen LogP contribution is -2.19. The van der Waals surface area contributed by atoms with Crippen LogP contribution in [-0.4, -0.2) is 62.3 Å². The molecular weight excluding hydrogens is 469 g/mol. The molecule has 0 aliphatic heterocycles. The van der Waals surface area contributed by atoms with E-state index in [4.69, 9.17) is 9.72 Å². The minimum Gasteiger partial charge on any atom is -0.492 e. The van der Waals surface area contributed by atoms with Crippen LogP contribution < -0.4 is 4.74 Å². The zero-order valence-electron chi connectivity index (χ0n) is 20.4. The monoisotopic (exact) mass is 493 g/mol. The summed E-state index contributed by atoms with van der Waals surface area (Å²) in [6.07, 6.45) is 3.45. The zero-order chi connectivity index (χ0) is 25.4. The molecule has 37 heavy (non-hydrogen) atoms. The summed E-state index contributed by atoms with van der Waals surface area (Å²) in [4.78, 5) is 19.3. The highest BCUT2D eigenvalue weighted by Gasteiger charge is 2.17. The van der Waals surface area contributed by atoms with Gasteiger partial charge in [-0.2, -0.15) is 5.10 Å². The minimum absolute atomic E-state index is 0.378. The number of nitrogens with one attached hydrogen (secondary N) is 2. The van der Waals surface area contributed by atoms with Gasteiger partial charge >= 0.3 is 0 Å². The number of rotatable bonds is 7. The van der Waals surface area contributed by atoms with Crippen molar-refractivity contribution in [2.75, 3.05) is 27.2 Å². The number of benzene rings is 1. The van der Waals surface area contributed by atoms with Gasteiger partial charge in [-0.1, -0.05) is 6.07 Å². The molecule has 6 aromatic rings. The normalized spacial score (nSPS) is 11.6. The van der Waals surface area contributed by atoms with Gasteiger partial charge in [-0.05, 0) is 62.6 Å². The maximum atomic E-state index is 14.5. The Morgan fingerprint density at radius 3 is 2.65 bits per heavy atom. The highest BCUT2D eigenvalue weighted by Crippen LogP contribution is 2.34. The van der Waals surface area contributed by atoms with Gasteiger partial charge in [0.1, 0.15) is 29.4 Å². The molecule has 0 unspecified atom stereocenters. The second-order valence-electron chi connectivity index (χ2n) is 9.01. The van der Waals surface area contributed by atoms with E-state index in [9.17, 15) is 4.39 Å². The summed E-state index contributed by atoms with van der Waals surface area (Å²) < 4.78 is 20.3. The molecule has 0 saturated carbocycles. The fraction of sp³-hybridized carbons (Fsp3) is 0.143. The van der Waals surface area contributed by atoms with Crippen molar-refractivity contribution in [3.05, 3.63) is 78.9 Å². The molecule has 0 amide bonds. The third-order valence-electron chi connectivity index (χ3n) is 6.09. The lowest BCUT2D eigenvalue weighted by Gasteiger charge is -2.12. The van der Waals surface area contributed by atoms with Crippen LogP contribution in [0.15, 0.2) is 73.1 Å². The standard InChI is InChI=1S/C28H24FN7O/c1-36(2)11-12-37-19-14-17(13-18(29)15-19)26-20-16-25(32-21(20)8-10-31-26)28-27-24(34-35-28)7-6-23(33-27)22-5-3-4-9-30-22/h3-10,13-16,32H,11-12H2,1-2H3,(H,34,35). The highest BCUT2D eigenvalue weighted by atomic mass is 19.1. The molecular formula is C28H24FN7O. The summed E-state index contributed by atoms with van der Waals surface area (Å²) in [6.45, 7) is 1.19. The molecule has 0 fully saturated rings. The molecule has 0 radical (unpaired) electrons. The van der Waals surface area contributed by atoms with E-state index in [2.05, 4.69) is 25.1 Å². The molecule has 6 rings (SSSR count). The molecule has 9 heteroatoms. The van der Waals surface area contributed by atoms with Gasteiger partial charge in [-0.3, -0.25) is 15.1 Å². The van der Waals surface area contributed by atoms with Crippen LogP contribution in [0.25, 0.3) is 56.0 Å². The Morgan fingerprint density at radius 2 is 1.81 bits per heavy atom. The van der Waals surface area contributed by atoms with Crippen LogP contribution in [-0.2, 0) is 0 Å². The van der Waals surface area contributed by atoms with Crippen molar-refractivity contribution in [2.24, 2.45) is 0 Å². The highest BCUT2D eigenvalue weighted by molar-refractivity contribution is 5.99. The van der Waals surface area contributed by atoms with Gasteiger partial charge in [-0.25, -0.2) is 9.37 Å². The molecule has 1 aromatic carbocycles.